The fourth-order valence-corrected chi connectivity index (χ4v) is 6.60. The summed E-state index contributed by atoms with van der Waals surface area (Å²) in [5.74, 6) is 1.57. The number of anilines is 1. The molecule has 1 aliphatic carbocycles. The van der Waals surface area contributed by atoms with Gasteiger partial charge < -0.3 is 10.2 Å². The average Bonchev–Trinajstić information content (AvgIpc) is 3.47. The van der Waals surface area contributed by atoms with E-state index < -0.39 is 15.7 Å². The second-order valence-electron chi connectivity index (χ2n) is 9.63. The quantitative estimate of drug-likeness (QED) is 0.715. The molecule has 3 atom stereocenters. The van der Waals surface area contributed by atoms with E-state index in [1.165, 1.54) is 18.6 Å². The number of hydrogen-bond donors (Lipinski definition) is 1. The van der Waals surface area contributed by atoms with Gasteiger partial charge in [-0.1, -0.05) is 17.7 Å². The molecule has 9 heteroatoms. The summed E-state index contributed by atoms with van der Waals surface area (Å²) in [6.07, 6.45) is 9.98. The summed E-state index contributed by atoms with van der Waals surface area (Å²) in [6, 6.07) is 4.59. The number of benzene rings is 1. The third kappa shape index (κ3) is 4.24. The SMILES string of the molecule is CS(=O)(=O)c1ccc(C2CCC3(CN2)CC3C2CCN(c3ncc(Cl)cn3)CC2)cc1F. The van der Waals surface area contributed by atoms with Crippen molar-refractivity contribution in [3.05, 3.63) is 47.0 Å². The normalized spacial score (nSPS) is 28.8. The van der Waals surface area contributed by atoms with Crippen molar-refractivity contribution in [2.45, 2.75) is 43.0 Å². The van der Waals surface area contributed by atoms with E-state index >= 15 is 0 Å². The Labute approximate surface area is 193 Å². The minimum absolute atomic E-state index is 0.0777. The Hall–Kier alpha value is -1.77. The number of nitrogens with one attached hydrogen (secondary N) is 1. The Morgan fingerprint density at radius 3 is 2.50 bits per heavy atom. The van der Waals surface area contributed by atoms with Crippen LogP contribution >= 0.6 is 11.6 Å². The van der Waals surface area contributed by atoms with Crippen LogP contribution in [0.1, 0.15) is 43.7 Å². The molecule has 0 bridgehead atoms. The fourth-order valence-electron chi connectivity index (χ4n) is 5.77. The average molecular weight is 479 g/mol. The smallest absolute Gasteiger partial charge is 0.225 e. The highest BCUT2D eigenvalue weighted by Gasteiger charge is 2.57. The Morgan fingerprint density at radius 2 is 1.91 bits per heavy atom. The third-order valence-electron chi connectivity index (χ3n) is 7.64. The van der Waals surface area contributed by atoms with Crippen LogP contribution < -0.4 is 10.2 Å². The molecule has 0 amide bonds. The van der Waals surface area contributed by atoms with Gasteiger partial charge in [-0.15, -0.1) is 0 Å². The monoisotopic (exact) mass is 478 g/mol. The lowest BCUT2D eigenvalue weighted by Gasteiger charge is -2.36. The summed E-state index contributed by atoms with van der Waals surface area (Å²) in [6.45, 7) is 2.89. The number of rotatable bonds is 4. The van der Waals surface area contributed by atoms with Gasteiger partial charge in [-0.2, -0.15) is 0 Å². The molecule has 3 aliphatic rings. The molecule has 3 heterocycles. The molecule has 1 saturated carbocycles. The van der Waals surface area contributed by atoms with Crippen molar-refractivity contribution in [3.63, 3.8) is 0 Å². The van der Waals surface area contributed by atoms with Gasteiger partial charge in [-0.05, 0) is 67.1 Å². The van der Waals surface area contributed by atoms with Crippen molar-refractivity contribution in [2.75, 3.05) is 30.8 Å². The predicted octanol–water partition coefficient (Wildman–Crippen LogP) is 4.02. The van der Waals surface area contributed by atoms with Crippen molar-refractivity contribution in [2.24, 2.45) is 17.3 Å². The molecule has 3 unspecified atom stereocenters. The van der Waals surface area contributed by atoms with Crippen LogP contribution in [0.15, 0.2) is 35.5 Å². The van der Waals surface area contributed by atoms with E-state index in [2.05, 4.69) is 20.2 Å². The number of aromatic nitrogens is 2. The highest BCUT2D eigenvalue weighted by atomic mass is 35.5. The first-order chi connectivity index (χ1) is 15.2. The number of nitrogens with zero attached hydrogens (tertiary/aromatic N) is 3. The minimum Gasteiger partial charge on any atom is -0.341 e. The van der Waals surface area contributed by atoms with Crippen LogP contribution in [0.25, 0.3) is 0 Å². The minimum atomic E-state index is -3.55. The van der Waals surface area contributed by atoms with E-state index in [0.717, 1.165) is 74.9 Å². The first-order valence-electron chi connectivity index (χ1n) is 11.2. The summed E-state index contributed by atoms with van der Waals surface area (Å²) in [7, 11) is -3.55. The Bertz CT molecular complexity index is 1100. The molecule has 172 valence electrons. The van der Waals surface area contributed by atoms with Crippen LogP contribution in [0.3, 0.4) is 0 Å². The highest BCUT2D eigenvalue weighted by molar-refractivity contribution is 7.90. The predicted molar refractivity (Wildman–Crippen MR) is 122 cm³/mol. The van der Waals surface area contributed by atoms with Gasteiger partial charge >= 0.3 is 0 Å². The molecule has 1 spiro atoms. The van der Waals surface area contributed by atoms with Gasteiger partial charge in [0.1, 0.15) is 10.7 Å². The maximum absolute atomic E-state index is 14.3. The molecular weight excluding hydrogens is 451 g/mol. The van der Waals surface area contributed by atoms with Crippen LogP contribution in [0, 0.1) is 23.1 Å². The van der Waals surface area contributed by atoms with E-state index in [4.69, 9.17) is 11.6 Å². The van der Waals surface area contributed by atoms with Gasteiger partial charge in [0, 0.05) is 31.9 Å². The maximum Gasteiger partial charge on any atom is 0.225 e. The number of sulfone groups is 1. The molecule has 1 aromatic carbocycles. The molecule has 3 fully saturated rings. The highest BCUT2D eigenvalue weighted by Crippen LogP contribution is 2.62. The molecule has 0 radical (unpaired) electrons. The second-order valence-corrected chi connectivity index (χ2v) is 12.1. The number of halogens is 2. The van der Waals surface area contributed by atoms with Crippen LogP contribution in [0.4, 0.5) is 10.3 Å². The zero-order chi connectivity index (χ0) is 22.5. The van der Waals surface area contributed by atoms with Gasteiger partial charge in [0.2, 0.25) is 5.95 Å². The van der Waals surface area contributed by atoms with E-state index in [9.17, 15) is 12.8 Å². The summed E-state index contributed by atoms with van der Waals surface area (Å²) in [5, 5.41) is 4.18. The van der Waals surface area contributed by atoms with Crippen molar-refractivity contribution in [3.8, 4) is 0 Å². The number of piperidine rings is 2. The molecule has 32 heavy (non-hydrogen) atoms. The second kappa shape index (κ2) is 8.22. The Morgan fingerprint density at radius 1 is 1.19 bits per heavy atom. The van der Waals surface area contributed by atoms with E-state index in [1.807, 2.05) is 0 Å². The third-order valence-corrected chi connectivity index (χ3v) is 8.97. The zero-order valence-electron chi connectivity index (χ0n) is 18.1. The van der Waals surface area contributed by atoms with E-state index in [1.54, 1.807) is 18.5 Å². The van der Waals surface area contributed by atoms with Gasteiger partial charge in [0.25, 0.3) is 0 Å². The molecular formula is C23H28ClFN4O2S. The van der Waals surface area contributed by atoms with Crippen LogP contribution in [-0.2, 0) is 9.84 Å². The van der Waals surface area contributed by atoms with Crippen LogP contribution in [0.2, 0.25) is 5.02 Å². The standard InChI is InChI=1S/C23H28ClFN4O2S/c1-32(30,31)21-3-2-16(10-19(21)25)20-4-7-23(14-28-20)11-18(23)15-5-8-29(9-6-15)22-26-12-17(24)13-27-22/h2-3,10,12-13,15,18,20,28H,4-9,11,14H2,1H3. The zero-order valence-corrected chi connectivity index (χ0v) is 19.7. The lowest BCUT2D eigenvalue weighted by molar-refractivity contribution is 0.232. The first-order valence-corrected chi connectivity index (χ1v) is 13.5. The molecule has 2 aliphatic heterocycles. The van der Waals surface area contributed by atoms with Gasteiger partial charge in [0.05, 0.1) is 17.4 Å². The Kier molecular flexibility index (Phi) is 5.66. The van der Waals surface area contributed by atoms with Crippen molar-refractivity contribution in [1.82, 2.24) is 15.3 Å². The molecule has 1 N–H and O–H groups in total. The van der Waals surface area contributed by atoms with Gasteiger partial charge in [-0.3, -0.25) is 0 Å². The molecule has 2 saturated heterocycles. The first kappa shape index (κ1) is 22.0. The summed E-state index contributed by atoms with van der Waals surface area (Å²) < 4.78 is 37.6. The van der Waals surface area contributed by atoms with Crippen LogP contribution in [0.5, 0.6) is 0 Å². The topological polar surface area (TPSA) is 75.2 Å². The maximum atomic E-state index is 14.3. The van der Waals surface area contributed by atoms with Gasteiger partial charge in [-0.25, -0.2) is 22.8 Å². The molecule has 6 nitrogen and oxygen atoms in total. The summed E-state index contributed by atoms with van der Waals surface area (Å²) >= 11 is 5.90. The van der Waals surface area contributed by atoms with E-state index in [0.29, 0.717) is 10.4 Å². The molecule has 1 aromatic heterocycles. The lowest BCUT2D eigenvalue weighted by atomic mass is 9.81. The van der Waals surface area contributed by atoms with E-state index in [-0.39, 0.29) is 10.9 Å². The van der Waals surface area contributed by atoms with Crippen molar-refractivity contribution in [1.29, 1.82) is 0 Å². The molecule has 5 rings (SSSR count). The largest absolute Gasteiger partial charge is 0.341 e. The fraction of sp³-hybridized carbons (Fsp3) is 0.565. The lowest BCUT2D eigenvalue weighted by Crippen LogP contribution is -2.39. The van der Waals surface area contributed by atoms with Gasteiger partial charge in [0.15, 0.2) is 9.84 Å². The summed E-state index contributed by atoms with van der Waals surface area (Å²) in [4.78, 5) is 10.7. The van der Waals surface area contributed by atoms with Crippen molar-refractivity contribution < 1.29 is 12.8 Å². The Balaban J connectivity index is 1.16. The van der Waals surface area contributed by atoms with Crippen molar-refractivity contribution >= 4 is 27.4 Å². The molecule has 2 aromatic rings. The number of hydrogen-bond acceptors (Lipinski definition) is 6. The van der Waals surface area contributed by atoms with Crippen LogP contribution in [-0.4, -0.2) is 44.3 Å². The summed E-state index contributed by atoms with van der Waals surface area (Å²) in [5.41, 5.74) is 1.20.